The Balaban J connectivity index is 2.06. The molecule has 0 radical (unpaired) electrons. The molecule has 0 bridgehead atoms. The molecular formula is C11H11N3O2. The zero-order valence-electron chi connectivity index (χ0n) is 8.58. The maximum Gasteiger partial charge on any atom is 0.309 e. The smallest absolute Gasteiger partial charge is 0.309 e. The third-order valence-electron chi connectivity index (χ3n) is 2.13. The second-order valence-corrected chi connectivity index (χ2v) is 3.46. The van der Waals surface area contributed by atoms with Crippen LogP contribution in [0.2, 0.25) is 0 Å². The van der Waals surface area contributed by atoms with Crippen LogP contribution in [0.3, 0.4) is 0 Å². The Morgan fingerprint density at radius 2 is 2.12 bits per heavy atom. The zero-order chi connectivity index (χ0) is 11.4. The van der Waals surface area contributed by atoms with Gasteiger partial charge in [-0.3, -0.25) is 9.78 Å². The van der Waals surface area contributed by atoms with Crippen molar-refractivity contribution in [1.82, 2.24) is 14.5 Å². The van der Waals surface area contributed by atoms with Crippen LogP contribution in [0.1, 0.15) is 11.3 Å². The first kappa shape index (κ1) is 10.4. The molecule has 5 nitrogen and oxygen atoms in total. The number of carbonyl (C=O) groups is 1. The topological polar surface area (TPSA) is 68.0 Å². The lowest BCUT2D eigenvalue weighted by Gasteiger charge is -2.00. The Morgan fingerprint density at radius 3 is 2.81 bits per heavy atom. The first-order valence-electron chi connectivity index (χ1n) is 4.85. The van der Waals surface area contributed by atoms with Crippen LogP contribution in [-0.2, 0) is 17.8 Å². The minimum atomic E-state index is -0.867. The molecule has 2 rings (SSSR count). The van der Waals surface area contributed by atoms with E-state index >= 15 is 0 Å². The maximum atomic E-state index is 10.5. The second kappa shape index (κ2) is 4.57. The van der Waals surface area contributed by atoms with E-state index < -0.39 is 5.97 Å². The fourth-order valence-electron chi connectivity index (χ4n) is 1.44. The molecule has 0 aliphatic rings. The van der Waals surface area contributed by atoms with Crippen LogP contribution >= 0.6 is 0 Å². The van der Waals surface area contributed by atoms with Crippen molar-refractivity contribution in [2.24, 2.45) is 0 Å². The van der Waals surface area contributed by atoms with Gasteiger partial charge in [-0.25, -0.2) is 4.98 Å². The van der Waals surface area contributed by atoms with Gasteiger partial charge in [-0.2, -0.15) is 0 Å². The van der Waals surface area contributed by atoms with Crippen LogP contribution in [0.25, 0.3) is 0 Å². The average Bonchev–Trinajstić information content (AvgIpc) is 2.66. The molecule has 0 amide bonds. The number of aliphatic carboxylic acids is 1. The number of hydrogen-bond donors (Lipinski definition) is 1. The molecule has 0 saturated heterocycles. The van der Waals surface area contributed by atoms with E-state index in [1.165, 1.54) is 0 Å². The average molecular weight is 217 g/mol. The maximum absolute atomic E-state index is 10.5. The van der Waals surface area contributed by atoms with E-state index in [9.17, 15) is 4.79 Å². The van der Waals surface area contributed by atoms with Gasteiger partial charge in [0.2, 0.25) is 0 Å². The van der Waals surface area contributed by atoms with E-state index in [0.717, 1.165) is 5.56 Å². The summed E-state index contributed by atoms with van der Waals surface area (Å²) in [5.74, 6) is -0.867. The van der Waals surface area contributed by atoms with E-state index in [1.54, 1.807) is 24.9 Å². The third-order valence-corrected chi connectivity index (χ3v) is 2.13. The number of hydrogen-bond acceptors (Lipinski definition) is 3. The fraction of sp³-hybridized carbons (Fsp3) is 0.182. The van der Waals surface area contributed by atoms with Crippen molar-refractivity contribution in [2.45, 2.75) is 13.0 Å². The minimum absolute atomic E-state index is 0.0383. The van der Waals surface area contributed by atoms with E-state index in [0.29, 0.717) is 12.2 Å². The molecule has 16 heavy (non-hydrogen) atoms. The van der Waals surface area contributed by atoms with Gasteiger partial charge in [-0.05, 0) is 17.7 Å². The molecule has 1 N–H and O–H groups in total. The molecule has 0 saturated carbocycles. The molecule has 0 unspecified atom stereocenters. The SMILES string of the molecule is O=C(O)Cc1cn(Cc2ccncc2)cn1. The van der Waals surface area contributed by atoms with Gasteiger partial charge < -0.3 is 9.67 Å². The number of aromatic nitrogens is 3. The van der Waals surface area contributed by atoms with Gasteiger partial charge in [0.05, 0.1) is 18.4 Å². The third kappa shape index (κ3) is 2.66. The summed E-state index contributed by atoms with van der Waals surface area (Å²) >= 11 is 0. The molecule has 0 spiro atoms. The summed E-state index contributed by atoms with van der Waals surface area (Å²) < 4.78 is 1.85. The highest BCUT2D eigenvalue weighted by molar-refractivity contribution is 5.69. The standard InChI is InChI=1S/C11H11N3O2/c15-11(16)5-10-7-14(8-13-10)6-9-1-3-12-4-2-9/h1-4,7-8H,5-6H2,(H,15,16). The van der Waals surface area contributed by atoms with Crippen molar-refractivity contribution in [3.63, 3.8) is 0 Å². The lowest BCUT2D eigenvalue weighted by Crippen LogP contribution is -2.00. The number of pyridine rings is 1. The molecule has 82 valence electrons. The van der Waals surface area contributed by atoms with Gasteiger partial charge in [-0.1, -0.05) is 0 Å². The summed E-state index contributed by atoms with van der Waals surface area (Å²) in [6, 6.07) is 3.83. The van der Waals surface area contributed by atoms with Gasteiger partial charge in [-0.15, -0.1) is 0 Å². The zero-order valence-corrected chi connectivity index (χ0v) is 8.58. The highest BCUT2D eigenvalue weighted by atomic mass is 16.4. The van der Waals surface area contributed by atoms with Crippen molar-refractivity contribution in [3.05, 3.63) is 48.3 Å². The lowest BCUT2D eigenvalue weighted by atomic mass is 10.3. The quantitative estimate of drug-likeness (QED) is 0.828. The highest BCUT2D eigenvalue weighted by Gasteiger charge is 2.04. The Morgan fingerprint density at radius 1 is 1.38 bits per heavy atom. The van der Waals surface area contributed by atoms with Crippen molar-refractivity contribution < 1.29 is 9.90 Å². The van der Waals surface area contributed by atoms with E-state index in [4.69, 9.17) is 5.11 Å². The van der Waals surface area contributed by atoms with Crippen LogP contribution in [0.15, 0.2) is 37.1 Å². The number of carboxylic acid groups (broad SMARTS) is 1. The van der Waals surface area contributed by atoms with Crippen LogP contribution in [0, 0.1) is 0 Å². The molecule has 0 aromatic carbocycles. The minimum Gasteiger partial charge on any atom is -0.481 e. The molecule has 5 heteroatoms. The van der Waals surface area contributed by atoms with Gasteiger partial charge in [0.1, 0.15) is 0 Å². The molecular weight excluding hydrogens is 206 g/mol. The van der Waals surface area contributed by atoms with Gasteiger partial charge in [0, 0.05) is 25.1 Å². The predicted molar refractivity (Wildman–Crippen MR) is 56.9 cm³/mol. The van der Waals surface area contributed by atoms with Gasteiger partial charge >= 0.3 is 5.97 Å². The van der Waals surface area contributed by atoms with Gasteiger partial charge in [0.25, 0.3) is 0 Å². The Bertz CT molecular complexity index is 479. The number of imidazole rings is 1. The number of carboxylic acids is 1. The van der Waals surface area contributed by atoms with Crippen molar-refractivity contribution in [3.8, 4) is 0 Å². The molecule has 2 heterocycles. The fourth-order valence-corrected chi connectivity index (χ4v) is 1.44. The van der Waals surface area contributed by atoms with E-state index in [2.05, 4.69) is 9.97 Å². The summed E-state index contributed by atoms with van der Waals surface area (Å²) in [6.45, 7) is 0.676. The summed E-state index contributed by atoms with van der Waals surface area (Å²) in [5.41, 5.74) is 1.68. The summed E-state index contributed by atoms with van der Waals surface area (Å²) in [4.78, 5) is 18.4. The Labute approximate surface area is 92.4 Å². The Kier molecular flexibility index (Phi) is 2.95. The second-order valence-electron chi connectivity index (χ2n) is 3.46. The van der Waals surface area contributed by atoms with Crippen LogP contribution in [0.5, 0.6) is 0 Å². The predicted octanol–water partition coefficient (Wildman–Crippen LogP) is 0.954. The largest absolute Gasteiger partial charge is 0.481 e. The number of nitrogens with zero attached hydrogens (tertiary/aromatic N) is 3. The summed E-state index contributed by atoms with van der Waals surface area (Å²) in [7, 11) is 0. The lowest BCUT2D eigenvalue weighted by molar-refractivity contribution is -0.136. The molecule has 0 atom stereocenters. The molecule has 0 fully saturated rings. The van der Waals surface area contributed by atoms with Crippen LogP contribution < -0.4 is 0 Å². The van der Waals surface area contributed by atoms with Crippen molar-refractivity contribution in [1.29, 1.82) is 0 Å². The molecule has 2 aromatic rings. The van der Waals surface area contributed by atoms with Crippen LogP contribution in [0.4, 0.5) is 0 Å². The summed E-state index contributed by atoms with van der Waals surface area (Å²) in [6.07, 6.45) is 6.80. The van der Waals surface area contributed by atoms with E-state index in [-0.39, 0.29) is 6.42 Å². The monoisotopic (exact) mass is 217 g/mol. The normalized spacial score (nSPS) is 10.2. The van der Waals surface area contributed by atoms with Crippen LogP contribution in [-0.4, -0.2) is 25.6 Å². The molecule has 0 aliphatic carbocycles. The van der Waals surface area contributed by atoms with Crippen molar-refractivity contribution >= 4 is 5.97 Å². The summed E-state index contributed by atoms with van der Waals surface area (Å²) in [5, 5.41) is 8.61. The van der Waals surface area contributed by atoms with Crippen molar-refractivity contribution in [2.75, 3.05) is 0 Å². The van der Waals surface area contributed by atoms with Gasteiger partial charge in [0.15, 0.2) is 0 Å². The number of rotatable bonds is 4. The molecule has 2 aromatic heterocycles. The van der Waals surface area contributed by atoms with E-state index in [1.807, 2.05) is 16.7 Å². The highest BCUT2D eigenvalue weighted by Crippen LogP contribution is 2.03. The molecule has 0 aliphatic heterocycles. The first-order chi connectivity index (χ1) is 7.74. The first-order valence-corrected chi connectivity index (χ1v) is 4.85. The Hall–Kier alpha value is -2.17.